The first kappa shape index (κ1) is 14.0. The monoisotopic (exact) mass is 267 g/mol. The molecule has 2 heterocycles. The average Bonchev–Trinajstić information content (AvgIpc) is 2.68. The minimum atomic E-state index is 0.386. The van der Waals surface area contributed by atoms with Gasteiger partial charge in [0, 0.05) is 24.0 Å². The number of aromatic nitrogens is 1. The number of hydrogen-bond acceptors (Lipinski definition) is 4. The van der Waals surface area contributed by atoms with Crippen molar-refractivity contribution >= 4 is 11.3 Å². The Morgan fingerprint density at radius 3 is 2.78 bits per heavy atom. The third-order valence-electron chi connectivity index (χ3n) is 4.23. The van der Waals surface area contributed by atoms with Crippen molar-refractivity contribution in [1.29, 1.82) is 0 Å². The topological polar surface area (TPSA) is 42.2 Å². The molecule has 1 aromatic heterocycles. The van der Waals surface area contributed by atoms with Crippen molar-refractivity contribution in [2.75, 3.05) is 13.1 Å². The van der Waals surface area contributed by atoms with Crippen molar-refractivity contribution in [3.8, 4) is 0 Å². The summed E-state index contributed by atoms with van der Waals surface area (Å²) in [7, 11) is 0. The normalized spacial score (nSPS) is 27.4. The zero-order valence-corrected chi connectivity index (χ0v) is 12.8. The molecule has 3 atom stereocenters. The summed E-state index contributed by atoms with van der Waals surface area (Å²) in [6.45, 7) is 11.0. The molecule has 4 heteroatoms. The smallest absolute Gasteiger partial charge is 0.0900 e. The van der Waals surface area contributed by atoms with Crippen LogP contribution in [0.3, 0.4) is 0 Å². The number of likely N-dealkylation sites (tertiary alicyclic amines) is 1. The molecule has 1 saturated heterocycles. The van der Waals surface area contributed by atoms with E-state index in [4.69, 9.17) is 10.7 Å². The van der Waals surface area contributed by atoms with Gasteiger partial charge in [-0.15, -0.1) is 11.3 Å². The van der Waals surface area contributed by atoms with Gasteiger partial charge in [-0.2, -0.15) is 0 Å². The van der Waals surface area contributed by atoms with E-state index in [2.05, 4.69) is 32.6 Å². The van der Waals surface area contributed by atoms with Gasteiger partial charge in [0.1, 0.15) is 0 Å². The van der Waals surface area contributed by atoms with E-state index in [0.29, 0.717) is 18.0 Å². The Balaban J connectivity index is 2.10. The highest BCUT2D eigenvalue weighted by molar-refractivity contribution is 7.11. The summed E-state index contributed by atoms with van der Waals surface area (Å²) in [6.07, 6.45) is 2.30. The number of hydrogen-bond donors (Lipinski definition) is 1. The first-order valence-corrected chi connectivity index (χ1v) is 7.78. The summed E-state index contributed by atoms with van der Waals surface area (Å²) in [6, 6.07) is 0.813. The molecule has 0 aromatic carbocycles. The number of nitrogens with two attached hydrogens (primary N) is 1. The second-order valence-electron chi connectivity index (χ2n) is 5.47. The second-order valence-corrected chi connectivity index (χ2v) is 6.87. The highest BCUT2D eigenvalue weighted by atomic mass is 32.1. The van der Waals surface area contributed by atoms with Crippen LogP contribution < -0.4 is 5.73 Å². The van der Waals surface area contributed by atoms with Crippen molar-refractivity contribution in [3.63, 3.8) is 0 Å². The van der Waals surface area contributed by atoms with Crippen LogP contribution in [-0.2, 0) is 0 Å². The van der Waals surface area contributed by atoms with E-state index in [1.54, 1.807) is 11.3 Å². The maximum atomic E-state index is 6.18. The molecule has 1 fully saturated rings. The average molecular weight is 267 g/mol. The number of piperidine rings is 1. The minimum absolute atomic E-state index is 0.386. The standard InChI is InChI=1S/C14H25N3S/c1-5-12-8-17(7-6-13(12)15)9(2)14-10(3)18-11(4)16-14/h9,12-13H,5-8,15H2,1-4H3. The molecule has 0 amide bonds. The van der Waals surface area contributed by atoms with Crippen LogP contribution in [-0.4, -0.2) is 29.0 Å². The highest BCUT2D eigenvalue weighted by Gasteiger charge is 2.29. The molecule has 18 heavy (non-hydrogen) atoms. The van der Waals surface area contributed by atoms with Gasteiger partial charge in [0.2, 0.25) is 0 Å². The molecule has 3 nitrogen and oxygen atoms in total. The van der Waals surface area contributed by atoms with Gasteiger partial charge in [-0.3, -0.25) is 4.90 Å². The van der Waals surface area contributed by atoms with Crippen molar-refractivity contribution in [2.45, 2.75) is 52.6 Å². The van der Waals surface area contributed by atoms with Crippen LogP contribution in [0.4, 0.5) is 0 Å². The Kier molecular flexibility index (Phi) is 4.41. The van der Waals surface area contributed by atoms with E-state index in [-0.39, 0.29) is 0 Å². The highest BCUT2D eigenvalue weighted by Crippen LogP contribution is 2.30. The summed E-state index contributed by atoms with van der Waals surface area (Å²) in [5.74, 6) is 0.640. The lowest BCUT2D eigenvalue weighted by atomic mass is 9.89. The molecular formula is C14H25N3S. The molecule has 1 aromatic rings. The molecule has 2 N–H and O–H groups in total. The van der Waals surface area contributed by atoms with Crippen LogP contribution in [0.1, 0.15) is 48.3 Å². The van der Waals surface area contributed by atoms with E-state index < -0.39 is 0 Å². The third kappa shape index (κ3) is 2.76. The van der Waals surface area contributed by atoms with Crippen LogP contribution in [0.25, 0.3) is 0 Å². The molecule has 0 spiro atoms. The van der Waals surface area contributed by atoms with E-state index >= 15 is 0 Å². The van der Waals surface area contributed by atoms with Gasteiger partial charge in [0.25, 0.3) is 0 Å². The Hall–Kier alpha value is -0.450. The van der Waals surface area contributed by atoms with Gasteiger partial charge in [-0.05, 0) is 33.1 Å². The van der Waals surface area contributed by atoms with E-state index in [1.807, 2.05) is 0 Å². The van der Waals surface area contributed by atoms with Gasteiger partial charge in [0.05, 0.1) is 16.7 Å². The molecule has 3 unspecified atom stereocenters. The summed E-state index contributed by atoms with van der Waals surface area (Å²) in [5, 5.41) is 1.18. The first-order valence-electron chi connectivity index (χ1n) is 6.96. The fraction of sp³-hybridized carbons (Fsp3) is 0.786. The second kappa shape index (κ2) is 5.68. The summed E-state index contributed by atoms with van der Waals surface area (Å²) >= 11 is 1.81. The number of rotatable bonds is 3. The molecule has 1 aliphatic heterocycles. The fourth-order valence-electron chi connectivity index (χ4n) is 2.97. The number of nitrogens with zero attached hydrogens (tertiary/aromatic N) is 2. The molecule has 0 bridgehead atoms. The van der Waals surface area contributed by atoms with Crippen LogP contribution in [0, 0.1) is 19.8 Å². The van der Waals surface area contributed by atoms with Crippen molar-refractivity contribution in [1.82, 2.24) is 9.88 Å². The lowest BCUT2D eigenvalue weighted by Gasteiger charge is -2.39. The van der Waals surface area contributed by atoms with Gasteiger partial charge in [0.15, 0.2) is 0 Å². The van der Waals surface area contributed by atoms with Crippen molar-refractivity contribution < 1.29 is 0 Å². The van der Waals surface area contributed by atoms with Gasteiger partial charge >= 0.3 is 0 Å². The third-order valence-corrected chi connectivity index (χ3v) is 5.13. The van der Waals surface area contributed by atoms with Crippen molar-refractivity contribution in [2.24, 2.45) is 11.7 Å². The molecule has 2 rings (SSSR count). The predicted octanol–water partition coefficient (Wildman–Crippen LogP) is 2.88. The predicted molar refractivity (Wildman–Crippen MR) is 77.9 cm³/mol. The van der Waals surface area contributed by atoms with Crippen LogP contribution in [0.5, 0.6) is 0 Å². The molecule has 102 valence electrons. The fourth-order valence-corrected chi connectivity index (χ4v) is 3.88. The number of thiazole rings is 1. The largest absolute Gasteiger partial charge is 0.327 e. The Labute approximate surface area is 114 Å². The van der Waals surface area contributed by atoms with Gasteiger partial charge in [-0.1, -0.05) is 13.3 Å². The first-order chi connectivity index (χ1) is 8.52. The zero-order valence-electron chi connectivity index (χ0n) is 11.9. The maximum Gasteiger partial charge on any atom is 0.0900 e. The summed E-state index contributed by atoms with van der Waals surface area (Å²) in [5.41, 5.74) is 7.45. The van der Waals surface area contributed by atoms with Gasteiger partial charge in [-0.25, -0.2) is 4.98 Å². The molecular weight excluding hydrogens is 242 g/mol. The Morgan fingerprint density at radius 1 is 1.50 bits per heavy atom. The number of aryl methyl sites for hydroxylation is 2. The van der Waals surface area contributed by atoms with Gasteiger partial charge < -0.3 is 5.73 Å². The lowest BCUT2D eigenvalue weighted by molar-refractivity contribution is 0.112. The summed E-state index contributed by atoms with van der Waals surface area (Å²) < 4.78 is 0. The van der Waals surface area contributed by atoms with Crippen molar-refractivity contribution in [3.05, 3.63) is 15.6 Å². The van der Waals surface area contributed by atoms with E-state index in [0.717, 1.165) is 19.5 Å². The maximum absolute atomic E-state index is 6.18. The molecule has 1 aliphatic rings. The van der Waals surface area contributed by atoms with E-state index in [9.17, 15) is 0 Å². The molecule has 0 saturated carbocycles. The minimum Gasteiger partial charge on any atom is -0.327 e. The molecule has 0 aliphatic carbocycles. The Bertz CT molecular complexity index is 402. The molecule has 0 radical (unpaired) electrons. The SMILES string of the molecule is CCC1CN(C(C)c2nc(C)sc2C)CCC1N. The van der Waals surface area contributed by atoms with Crippen LogP contribution >= 0.6 is 11.3 Å². The zero-order chi connectivity index (χ0) is 13.3. The summed E-state index contributed by atoms with van der Waals surface area (Å²) in [4.78, 5) is 8.62. The van der Waals surface area contributed by atoms with E-state index in [1.165, 1.54) is 22.0 Å². The van der Waals surface area contributed by atoms with Crippen LogP contribution in [0.2, 0.25) is 0 Å². The lowest BCUT2D eigenvalue weighted by Crippen LogP contribution is -2.47. The van der Waals surface area contributed by atoms with Crippen LogP contribution in [0.15, 0.2) is 0 Å². The quantitative estimate of drug-likeness (QED) is 0.915. The Morgan fingerprint density at radius 2 is 2.22 bits per heavy atom.